The third kappa shape index (κ3) is 6.84. The zero-order chi connectivity index (χ0) is 18.8. The maximum atomic E-state index is 11.5. The smallest absolute Gasteiger partial charge is 0.306 e. The molecule has 2 rings (SSSR count). The first-order chi connectivity index (χ1) is 12.7. The third-order valence-electron chi connectivity index (χ3n) is 4.26. The number of carbonyl (C=O) groups is 1. The molecule has 1 aliphatic rings. The highest BCUT2D eigenvalue weighted by Gasteiger charge is 2.23. The van der Waals surface area contributed by atoms with Crippen LogP contribution in [0.4, 0.5) is 0 Å². The fraction of sp³-hybridized carbons (Fsp3) is 0.476. The maximum absolute atomic E-state index is 11.5. The van der Waals surface area contributed by atoms with Crippen LogP contribution in [0.5, 0.6) is 0 Å². The minimum absolute atomic E-state index is 0.123. The Kier molecular flexibility index (Phi) is 9.33. The normalized spacial score (nSPS) is 14.2. The fourth-order valence-corrected chi connectivity index (χ4v) is 4.36. The Morgan fingerprint density at radius 3 is 2.85 bits per heavy atom. The zero-order valence-corrected chi connectivity index (χ0v) is 17.9. The molecule has 0 saturated heterocycles. The van der Waals surface area contributed by atoms with Crippen LogP contribution in [0.15, 0.2) is 43.0 Å². The van der Waals surface area contributed by atoms with Crippen LogP contribution in [0.2, 0.25) is 0 Å². The van der Waals surface area contributed by atoms with Crippen molar-refractivity contribution in [3.63, 3.8) is 0 Å². The van der Waals surface area contributed by atoms with E-state index in [4.69, 9.17) is 4.74 Å². The van der Waals surface area contributed by atoms with Gasteiger partial charge in [0.05, 0.1) is 24.4 Å². The summed E-state index contributed by atoms with van der Waals surface area (Å²) < 4.78 is 4.99. The Labute approximate surface area is 170 Å². The van der Waals surface area contributed by atoms with E-state index < -0.39 is 0 Å². The van der Waals surface area contributed by atoms with Crippen molar-refractivity contribution in [2.24, 2.45) is 5.92 Å². The van der Waals surface area contributed by atoms with Gasteiger partial charge in [-0.1, -0.05) is 52.9 Å². The number of halogens is 1. The molecule has 1 aromatic carbocycles. The summed E-state index contributed by atoms with van der Waals surface area (Å²) in [5.74, 6) is 2.29. The van der Waals surface area contributed by atoms with Crippen molar-refractivity contribution in [2.75, 3.05) is 23.7 Å². The lowest BCUT2D eigenvalue weighted by Gasteiger charge is -2.26. The van der Waals surface area contributed by atoms with Gasteiger partial charge in [0.25, 0.3) is 0 Å². The van der Waals surface area contributed by atoms with Crippen LogP contribution in [0.3, 0.4) is 0 Å². The van der Waals surface area contributed by atoms with Gasteiger partial charge < -0.3 is 9.64 Å². The van der Waals surface area contributed by atoms with Crippen LogP contribution in [0.1, 0.15) is 37.3 Å². The van der Waals surface area contributed by atoms with E-state index in [0.29, 0.717) is 13.0 Å². The molecule has 0 radical (unpaired) electrons. The second-order valence-electron chi connectivity index (χ2n) is 6.34. The predicted molar refractivity (Wildman–Crippen MR) is 115 cm³/mol. The number of hydrogen-bond acceptors (Lipinski definition) is 4. The third-order valence-corrected chi connectivity index (χ3v) is 5.85. The van der Waals surface area contributed by atoms with Crippen LogP contribution in [-0.4, -0.2) is 34.6 Å². The molecule has 5 heteroatoms. The standard InChI is InChI=1S/C21H28BrNO2S/c1-3-7-20(19-9-6-5-8-18(19)14-17-10-11-17)23(15-22)16-26-13-12-21(24)25-4-2/h3,5-9,17H,1,4,10-16H2,2H3/b20-7+. The highest BCUT2D eigenvalue weighted by Crippen LogP contribution is 2.35. The Bertz CT molecular complexity index is 628. The first-order valence-electron chi connectivity index (χ1n) is 9.14. The van der Waals surface area contributed by atoms with Crippen molar-refractivity contribution in [1.82, 2.24) is 4.90 Å². The number of nitrogens with zero attached hydrogens (tertiary/aromatic N) is 1. The van der Waals surface area contributed by atoms with Gasteiger partial charge in [-0.15, -0.1) is 11.8 Å². The lowest BCUT2D eigenvalue weighted by molar-refractivity contribution is -0.142. The maximum Gasteiger partial charge on any atom is 0.306 e. The molecule has 0 aliphatic heterocycles. The molecule has 1 saturated carbocycles. The van der Waals surface area contributed by atoms with Gasteiger partial charge in [-0.3, -0.25) is 4.79 Å². The molecule has 0 heterocycles. The molecule has 0 bridgehead atoms. The number of hydrogen-bond donors (Lipinski definition) is 0. The van der Waals surface area contributed by atoms with Gasteiger partial charge >= 0.3 is 5.97 Å². The first-order valence-corrected chi connectivity index (χ1v) is 11.4. The highest BCUT2D eigenvalue weighted by molar-refractivity contribution is 9.09. The van der Waals surface area contributed by atoms with Gasteiger partial charge in [-0.05, 0) is 43.7 Å². The number of esters is 1. The number of carbonyl (C=O) groups excluding carboxylic acids is 1. The first kappa shape index (κ1) is 21.1. The van der Waals surface area contributed by atoms with Crippen LogP contribution in [0, 0.1) is 5.92 Å². The second kappa shape index (κ2) is 11.5. The molecule has 1 aromatic rings. The Hall–Kier alpha value is -1.20. The van der Waals surface area contributed by atoms with E-state index in [9.17, 15) is 4.79 Å². The SMILES string of the molecule is C=C/C=C(\c1ccccc1CC1CC1)N(CBr)CSCCC(=O)OCC. The van der Waals surface area contributed by atoms with E-state index in [0.717, 1.165) is 29.4 Å². The number of benzene rings is 1. The zero-order valence-electron chi connectivity index (χ0n) is 15.5. The minimum atomic E-state index is -0.123. The average molecular weight is 438 g/mol. The van der Waals surface area contributed by atoms with Gasteiger partial charge in [0.2, 0.25) is 0 Å². The molecule has 3 nitrogen and oxygen atoms in total. The van der Waals surface area contributed by atoms with Crippen molar-refractivity contribution in [1.29, 1.82) is 0 Å². The van der Waals surface area contributed by atoms with Crippen molar-refractivity contribution in [2.45, 2.75) is 32.6 Å². The summed E-state index contributed by atoms with van der Waals surface area (Å²) in [6.45, 7) is 6.18. The number of allylic oxidation sites excluding steroid dienone is 2. The summed E-state index contributed by atoms with van der Waals surface area (Å²) in [6.07, 6.45) is 8.23. The van der Waals surface area contributed by atoms with Gasteiger partial charge in [0, 0.05) is 17.0 Å². The summed E-state index contributed by atoms with van der Waals surface area (Å²) in [7, 11) is 0. The molecule has 0 amide bonds. The van der Waals surface area contributed by atoms with E-state index in [1.165, 1.54) is 29.7 Å². The molecular formula is C21H28BrNO2S. The molecule has 26 heavy (non-hydrogen) atoms. The van der Waals surface area contributed by atoms with E-state index in [2.05, 4.69) is 57.8 Å². The molecule has 0 spiro atoms. The van der Waals surface area contributed by atoms with Crippen LogP contribution in [0.25, 0.3) is 5.70 Å². The number of alkyl halides is 1. The number of ether oxygens (including phenoxy) is 1. The largest absolute Gasteiger partial charge is 0.466 e. The molecular weight excluding hydrogens is 410 g/mol. The van der Waals surface area contributed by atoms with Crippen LogP contribution in [-0.2, 0) is 16.0 Å². The summed E-state index contributed by atoms with van der Waals surface area (Å²) in [4.78, 5) is 13.8. The summed E-state index contributed by atoms with van der Waals surface area (Å²) in [5.41, 5.74) is 4.60. The Morgan fingerprint density at radius 2 is 2.19 bits per heavy atom. The Balaban J connectivity index is 2.03. The van der Waals surface area contributed by atoms with Gasteiger partial charge in [0.1, 0.15) is 0 Å². The van der Waals surface area contributed by atoms with Crippen molar-refractivity contribution in [3.8, 4) is 0 Å². The molecule has 1 fully saturated rings. The second-order valence-corrected chi connectivity index (χ2v) is 7.92. The lowest BCUT2D eigenvalue weighted by atomic mass is 9.99. The van der Waals surface area contributed by atoms with Gasteiger partial charge in [0.15, 0.2) is 0 Å². The fourth-order valence-electron chi connectivity index (χ4n) is 2.79. The molecule has 1 aliphatic carbocycles. The van der Waals surface area contributed by atoms with Crippen molar-refractivity contribution >= 4 is 39.4 Å². The molecule has 0 aromatic heterocycles. The average Bonchev–Trinajstić information content (AvgIpc) is 3.45. The van der Waals surface area contributed by atoms with E-state index in [1.807, 2.05) is 13.0 Å². The van der Waals surface area contributed by atoms with E-state index >= 15 is 0 Å². The number of thioether (sulfide) groups is 1. The summed E-state index contributed by atoms with van der Waals surface area (Å²) in [5, 5.41) is 0. The Morgan fingerprint density at radius 1 is 1.42 bits per heavy atom. The minimum Gasteiger partial charge on any atom is -0.466 e. The molecule has 0 atom stereocenters. The predicted octanol–water partition coefficient (Wildman–Crippen LogP) is 5.46. The van der Waals surface area contributed by atoms with Crippen molar-refractivity contribution in [3.05, 3.63) is 54.1 Å². The lowest BCUT2D eigenvalue weighted by Crippen LogP contribution is -2.21. The van der Waals surface area contributed by atoms with Gasteiger partial charge in [-0.2, -0.15) is 0 Å². The number of rotatable bonds is 12. The topological polar surface area (TPSA) is 29.5 Å². The van der Waals surface area contributed by atoms with E-state index in [-0.39, 0.29) is 5.97 Å². The molecule has 142 valence electrons. The quantitative estimate of drug-likeness (QED) is 0.108. The highest BCUT2D eigenvalue weighted by atomic mass is 79.9. The van der Waals surface area contributed by atoms with Crippen molar-refractivity contribution < 1.29 is 9.53 Å². The van der Waals surface area contributed by atoms with Crippen LogP contribution >= 0.6 is 27.7 Å². The summed E-state index contributed by atoms with van der Waals surface area (Å²) in [6, 6.07) is 8.67. The van der Waals surface area contributed by atoms with Gasteiger partial charge in [-0.25, -0.2) is 0 Å². The van der Waals surface area contributed by atoms with E-state index in [1.54, 1.807) is 11.8 Å². The monoisotopic (exact) mass is 437 g/mol. The summed E-state index contributed by atoms with van der Waals surface area (Å²) >= 11 is 5.36. The molecule has 0 N–H and O–H groups in total. The van der Waals surface area contributed by atoms with Crippen LogP contribution < -0.4 is 0 Å². The molecule has 0 unspecified atom stereocenters.